The second-order valence-corrected chi connectivity index (χ2v) is 5.22. The minimum atomic E-state index is -0.258. The molecule has 0 amide bonds. The van der Waals surface area contributed by atoms with Gasteiger partial charge in [-0.25, -0.2) is 0 Å². The van der Waals surface area contributed by atoms with Crippen molar-refractivity contribution in [1.82, 2.24) is 4.98 Å². The third kappa shape index (κ3) is 3.50. The molecule has 20 heavy (non-hydrogen) atoms. The van der Waals surface area contributed by atoms with Crippen LogP contribution in [0.5, 0.6) is 5.75 Å². The number of nitrogens with two attached hydrogens (primary N) is 1. The van der Waals surface area contributed by atoms with Gasteiger partial charge in [0.15, 0.2) is 0 Å². The first-order valence-electron chi connectivity index (χ1n) is 6.71. The number of benzene rings is 1. The molecule has 2 rings (SSSR count). The SMILES string of the molecule is CCCOc1cncc(C(N)c2cc(Cl)ccc2C)c1. The van der Waals surface area contributed by atoms with Crippen molar-refractivity contribution in [2.24, 2.45) is 5.73 Å². The highest BCUT2D eigenvalue weighted by Crippen LogP contribution is 2.26. The highest BCUT2D eigenvalue weighted by atomic mass is 35.5. The van der Waals surface area contributed by atoms with E-state index in [4.69, 9.17) is 22.1 Å². The maximum Gasteiger partial charge on any atom is 0.137 e. The molecule has 0 fully saturated rings. The zero-order chi connectivity index (χ0) is 14.5. The first-order chi connectivity index (χ1) is 9.61. The van der Waals surface area contributed by atoms with Crippen molar-refractivity contribution in [2.75, 3.05) is 6.61 Å². The number of pyridine rings is 1. The molecule has 0 saturated carbocycles. The van der Waals surface area contributed by atoms with Gasteiger partial charge in [-0.3, -0.25) is 4.98 Å². The van der Waals surface area contributed by atoms with Gasteiger partial charge in [0.05, 0.1) is 18.8 Å². The summed E-state index contributed by atoms with van der Waals surface area (Å²) < 4.78 is 5.59. The molecule has 1 aromatic carbocycles. The van der Waals surface area contributed by atoms with Gasteiger partial charge in [-0.15, -0.1) is 0 Å². The summed E-state index contributed by atoms with van der Waals surface area (Å²) in [6.45, 7) is 4.77. The molecule has 0 spiro atoms. The summed E-state index contributed by atoms with van der Waals surface area (Å²) in [4.78, 5) is 4.20. The van der Waals surface area contributed by atoms with E-state index in [0.29, 0.717) is 11.6 Å². The lowest BCUT2D eigenvalue weighted by Crippen LogP contribution is -2.14. The van der Waals surface area contributed by atoms with Crippen LogP contribution in [0.1, 0.15) is 36.1 Å². The fourth-order valence-corrected chi connectivity index (χ4v) is 2.21. The molecule has 106 valence electrons. The monoisotopic (exact) mass is 290 g/mol. The van der Waals surface area contributed by atoms with E-state index >= 15 is 0 Å². The van der Waals surface area contributed by atoms with E-state index in [2.05, 4.69) is 11.9 Å². The number of halogens is 1. The Bertz CT molecular complexity index is 586. The fourth-order valence-electron chi connectivity index (χ4n) is 2.03. The summed E-state index contributed by atoms with van der Waals surface area (Å²) in [6.07, 6.45) is 4.43. The van der Waals surface area contributed by atoms with Gasteiger partial charge in [0, 0.05) is 11.2 Å². The molecule has 0 bridgehead atoms. The maximum atomic E-state index is 6.33. The van der Waals surface area contributed by atoms with E-state index < -0.39 is 0 Å². The lowest BCUT2D eigenvalue weighted by molar-refractivity contribution is 0.315. The Morgan fingerprint density at radius 1 is 1.30 bits per heavy atom. The van der Waals surface area contributed by atoms with Crippen LogP contribution in [-0.2, 0) is 0 Å². The second-order valence-electron chi connectivity index (χ2n) is 4.78. The van der Waals surface area contributed by atoms with Crippen LogP contribution in [0.2, 0.25) is 5.02 Å². The van der Waals surface area contributed by atoms with Gasteiger partial charge in [-0.1, -0.05) is 24.6 Å². The molecule has 0 radical (unpaired) electrons. The van der Waals surface area contributed by atoms with Gasteiger partial charge in [-0.2, -0.15) is 0 Å². The molecule has 4 heteroatoms. The minimum absolute atomic E-state index is 0.258. The molecule has 0 saturated heterocycles. The van der Waals surface area contributed by atoms with Crippen molar-refractivity contribution < 1.29 is 4.74 Å². The van der Waals surface area contributed by atoms with E-state index in [1.165, 1.54) is 0 Å². The molecule has 1 atom stereocenters. The smallest absolute Gasteiger partial charge is 0.137 e. The van der Waals surface area contributed by atoms with Crippen molar-refractivity contribution in [3.8, 4) is 5.75 Å². The molecule has 0 aliphatic heterocycles. The Labute approximate surface area is 124 Å². The van der Waals surface area contributed by atoms with Gasteiger partial charge < -0.3 is 10.5 Å². The summed E-state index contributed by atoms with van der Waals surface area (Å²) in [5.74, 6) is 0.750. The van der Waals surface area contributed by atoms with Crippen LogP contribution in [0, 0.1) is 6.92 Å². The fraction of sp³-hybridized carbons (Fsp3) is 0.312. The van der Waals surface area contributed by atoms with E-state index in [-0.39, 0.29) is 6.04 Å². The third-order valence-corrected chi connectivity index (χ3v) is 3.38. The zero-order valence-corrected chi connectivity index (χ0v) is 12.5. The number of hydrogen-bond donors (Lipinski definition) is 1. The molecule has 1 unspecified atom stereocenters. The largest absolute Gasteiger partial charge is 0.492 e. The number of ether oxygens (including phenoxy) is 1. The Hall–Kier alpha value is -1.58. The number of aryl methyl sites for hydroxylation is 1. The Balaban J connectivity index is 2.28. The summed E-state index contributed by atoms with van der Waals surface area (Å²) in [5.41, 5.74) is 9.37. The van der Waals surface area contributed by atoms with Gasteiger partial charge in [0.2, 0.25) is 0 Å². The maximum absolute atomic E-state index is 6.33. The second kappa shape index (κ2) is 6.73. The Morgan fingerprint density at radius 2 is 2.10 bits per heavy atom. The highest BCUT2D eigenvalue weighted by molar-refractivity contribution is 6.30. The van der Waals surface area contributed by atoms with Crippen LogP contribution in [0.25, 0.3) is 0 Å². The van der Waals surface area contributed by atoms with Crippen molar-refractivity contribution in [1.29, 1.82) is 0 Å². The van der Waals surface area contributed by atoms with Crippen LogP contribution in [-0.4, -0.2) is 11.6 Å². The third-order valence-electron chi connectivity index (χ3n) is 3.14. The quantitative estimate of drug-likeness (QED) is 0.909. The molecule has 1 heterocycles. The van der Waals surface area contributed by atoms with Gasteiger partial charge in [0.25, 0.3) is 0 Å². The van der Waals surface area contributed by atoms with Crippen molar-refractivity contribution >= 4 is 11.6 Å². The van der Waals surface area contributed by atoms with Crippen LogP contribution < -0.4 is 10.5 Å². The Kier molecular flexibility index (Phi) is 4.99. The minimum Gasteiger partial charge on any atom is -0.492 e. The summed E-state index contributed by atoms with van der Waals surface area (Å²) in [6, 6.07) is 7.43. The predicted molar refractivity (Wildman–Crippen MR) is 82.2 cm³/mol. The van der Waals surface area contributed by atoms with Crippen LogP contribution >= 0.6 is 11.6 Å². The van der Waals surface area contributed by atoms with E-state index in [0.717, 1.165) is 28.9 Å². The van der Waals surface area contributed by atoms with Crippen molar-refractivity contribution in [3.05, 3.63) is 58.4 Å². The first kappa shape index (κ1) is 14.8. The average Bonchev–Trinajstić information content (AvgIpc) is 2.47. The molecule has 1 aromatic heterocycles. The van der Waals surface area contributed by atoms with Crippen molar-refractivity contribution in [3.63, 3.8) is 0 Å². The van der Waals surface area contributed by atoms with E-state index in [1.807, 2.05) is 31.2 Å². The molecule has 3 nitrogen and oxygen atoms in total. The molecular formula is C16H19ClN2O. The first-order valence-corrected chi connectivity index (χ1v) is 7.09. The zero-order valence-electron chi connectivity index (χ0n) is 11.8. The van der Waals surface area contributed by atoms with E-state index in [1.54, 1.807) is 12.4 Å². The topological polar surface area (TPSA) is 48.1 Å². The molecular weight excluding hydrogens is 272 g/mol. The van der Waals surface area contributed by atoms with Gasteiger partial charge in [-0.05, 0) is 48.2 Å². The normalized spacial score (nSPS) is 12.2. The van der Waals surface area contributed by atoms with Crippen molar-refractivity contribution in [2.45, 2.75) is 26.3 Å². The number of nitrogens with zero attached hydrogens (tertiary/aromatic N) is 1. The predicted octanol–water partition coefficient (Wildman–Crippen LogP) is 3.88. The summed E-state index contributed by atoms with van der Waals surface area (Å²) in [5, 5.41) is 0.687. The highest BCUT2D eigenvalue weighted by Gasteiger charge is 2.13. The number of rotatable bonds is 5. The number of hydrogen-bond acceptors (Lipinski definition) is 3. The van der Waals surface area contributed by atoms with Gasteiger partial charge in [0.1, 0.15) is 5.75 Å². The average molecular weight is 291 g/mol. The summed E-state index contributed by atoms with van der Waals surface area (Å²) in [7, 11) is 0. The lowest BCUT2D eigenvalue weighted by Gasteiger charge is -2.16. The van der Waals surface area contributed by atoms with Crippen LogP contribution in [0.3, 0.4) is 0 Å². The van der Waals surface area contributed by atoms with Gasteiger partial charge >= 0.3 is 0 Å². The molecule has 0 aliphatic rings. The van der Waals surface area contributed by atoms with Crippen LogP contribution in [0.15, 0.2) is 36.7 Å². The van der Waals surface area contributed by atoms with E-state index in [9.17, 15) is 0 Å². The van der Waals surface area contributed by atoms with Crippen LogP contribution in [0.4, 0.5) is 0 Å². The molecule has 2 N–H and O–H groups in total. The Morgan fingerprint density at radius 3 is 2.85 bits per heavy atom. The standard InChI is InChI=1S/C16H19ClN2O/c1-3-6-20-14-7-12(9-19-10-14)16(18)15-8-13(17)5-4-11(15)2/h4-5,7-10,16H,3,6,18H2,1-2H3. The molecule has 0 aliphatic carbocycles. The summed E-state index contributed by atoms with van der Waals surface area (Å²) >= 11 is 6.05. The number of aromatic nitrogens is 1. The molecule has 2 aromatic rings. The lowest BCUT2D eigenvalue weighted by atomic mass is 9.97.